The van der Waals surface area contributed by atoms with E-state index in [9.17, 15) is 9.59 Å². The molecule has 0 bridgehead atoms. The molecule has 4 heterocycles. The smallest absolute Gasteiger partial charge is 0.270 e. The molecule has 7 heteroatoms. The number of fused-ring (bicyclic) bond motifs is 2. The highest BCUT2D eigenvalue weighted by Gasteiger charge is 2.59. The Morgan fingerprint density at radius 3 is 2.50 bits per heavy atom. The number of rotatable bonds is 2. The first-order valence-electron chi connectivity index (χ1n) is 10.1. The first-order chi connectivity index (χ1) is 13.5. The molecular formula is C21H26ClN3O3. The fraction of sp³-hybridized carbons (Fsp3) is 0.619. The second kappa shape index (κ2) is 6.63. The fourth-order valence-electron chi connectivity index (χ4n) is 5.59. The number of carbonyl (C=O) groups excluding carboxylic acids is 2. The lowest BCUT2D eigenvalue weighted by Crippen LogP contribution is -2.48. The number of hydrogen-bond donors (Lipinski definition) is 0. The van der Waals surface area contributed by atoms with E-state index in [2.05, 4.69) is 17.1 Å². The number of aromatic nitrogens is 1. The lowest BCUT2D eigenvalue weighted by Gasteiger charge is -2.31. The van der Waals surface area contributed by atoms with Crippen molar-refractivity contribution in [1.82, 2.24) is 14.4 Å². The minimum atomic E-state index is -0.592. The second-order valence-electron chi connectivity index (χ2n) is 8.88. The van der Waals surface area contributed by atoms with Crippen molar-refractivity contribution in [1.29, 1.82) is 0 Å². The third kappa shape index (κ3) is 2.72. The summed E-state index contributed by atoms with van der Waals surface area (Å²) < 4.78 is 7.50. The van der Waals surface area contributed by atoms with Gasteiger partial charge in [0.15, 0.2) is 0 Å². The SMILES string of the molecule is Cn1cc(Cl)cc1C(=O)N1C[C@@H]2COC[C@]2(C(=O)N2C[C@H]3CC=CC[C@H]3C2)C1. The molecule has 5 rings (SSSR count). The van der Waals surface area contributed by atoms with Crippen LogP contribution in [0.1, 0.15) is 23.3 Å². The minimum absolute atomic E-state index is 0.0599. The van der Waals surface area contributed by atoms with Gasteiger partial charge in [0.25, 0.3) is 5.91 Å². The molecule has 1 aromatic heterocycles. The van der Waals surface area contributed by atoms with Crippen LogP contribution >= 0.6 is 11.6 Å². The van der Waals surface area contributed by atoms with Crippen LogP contribution in [-0.2, 0) is 16.6 Å². The molecule has 3 saturated heterocycles. The summed E-state index contributed by atoms with van der Waals surface area (Å²) in [5.74, 6) is 1.35. The second-order valence-corrected chi connectivity index (χ2v) is 9.32. The van der Waals surface area contributed by atoms with Crippen LogP contribution in [0, 0.1) is 23.2 Å². The Balaban J connectivity index is 1.36. The number of carbonyl (C=O) groups is 2. The maximum Gasteiger partial charge on any atom is 0.270 e. The van der Waals surface area contributed by atoms with E-state index in [0.717, 1.165) is 25.9 Å². The first-order valence-corrected chi connectivity index (χ1v) is 10.5. The van der Waals surface area contributed by atoms with E-state index >= 15 is 0 Å². The first kappa shape index (κ1) is 18.3. The zero-order chi connectivity index (χ0) is 19.5. The molecule has 150 valence electrons. The van der Waals surface area contributed by atoms with Gasteiger partial charge in [-0.3, -0.25) is 9.59 Å². The summed E-state index contributed by atoms with van der Waals surface area (Å²) in [4.78, 5) is 30.6. The molecule has 2 amide bonds. The number of aryl methyl sites for hydroxylation is 1. The molecule has 3 aliphatic heterocycles. The number of likely N-dealkylation sites (tertiary alicyclic amines) is 2. The zero-order valence-electron chi connectivity index (χ0n) is 16.1. The third-order valence-electron chi connectivity index (χ3n) is 7.19. The number of hydrogen-bond acceptors (Lipinski definition) is 3. The largest absolute Gasteiger partial charge is 0.380 e. The quantitative estimate of drug-likeness (QED) is 0.711. The molecule has 1 aliphatic carbocycles. The summed E-state index contributed by atoms with van der Waals surface area (Å²) in [5.41, 5.74) is -0.0299. The molecular weight excluding hydrogens is 378 g/mol. The number of allylic oxidation sites excluding steroid dienone is 2. The summed E-state index contributed by atoms with van der Waals surface area (Å²) in [6.45, 7) is 3.63. The van der Waals surface area contributed by atoms with Gasteiger partial charge in [0, 0.05) is 45.3 Å². The van der Waals surface area contributed by atoms with E-state index in [-0.39, 0.29) is 17.7 Å². The topological polar surface area (TPSA) is 54.8 Å². The van der Waals surface area contributed by atoms with E-state index in [1.54, 1.807) is 16.8 Å². The van der Waals surface area contributed by atoms with Crippen LogP contribution in [0.3, 0.4) is 0 Å². The van der Waals surface area contributed by atoms with Crippen LogP contribution in [0.2, 0.25) is 5.02 Å². The Labute approximate surface area is 170 Å². The molecule has 0 N–H and O–H groups in total. The highest BCUT2D eigenvalue weighted by atomic mass is 35.5. The van der Waals surface area contributed by atoms with Crippen molar-refractivity contribution in [2.45, 2.75) is 12.8 Å². The van der Waals surface area contributed by atoms with Crippen LogP contribution in [0.15, 0.2) is 24.4 Å². The van der Waals surface area contributed by atoms with Crippen LogP contribution in [0.5, 0.6) is 0 Å². The molecule has 0 radical (unpaired) electrons. The van der Waals surface area contributed by atoms with Gasteiger partial charge >= 0.3 is 0 Å². The Morgan fingerprint density at radius 1 is 1.14 bits per heavy atom. The van der Waals surface area contributed by atoms with Gasteiger partial charge in [0.05, 0.1) is 23.7 Å². The van der Waals surface area contributed by atoms with Crippen molar-refractivity contribution >= 4 is 23.4 Å². The van der Waals surface area contributed by atoms with Crippen molar-refractivity contribution in [2.75, 3.05) is 39.4 Å². The van der Waals surface area contributed by atoms with Gasteiger partial charge in [0.2, 0.25) is 5.91 Å². The Kier molecular flexibility index (Phi) is 4.32. The van der Waals surface area contributed by atoms with Gasteiger partial charge in [-0.2, -0.15) is 0 Å². The summed E-state index contributed by atoms with van der Waals surface area (Å²) >= 11 is 6.06. The van der Waals surface area contributed by atoms with Gasteiger partial charge in [-0.25, -0.2) is 0 Å². The molecule has 1 aromatic rings. The Hall–Kier alpha value is -1.79. The Morgan fingerprint density at radius 2 is 1.86 bits per heavy atom. The molecule has 0 aromatic carbocycles. The van der Waals surface area contributed by atoms with Gasteiger partial charge in [-0.1, -0.05) is 23.8 Å². The summed E-state index contributed by atoms with van der Waals surface area (Å²) in [6, 6.07) is 1.70. The average Bonchev–Trinajstić information content (AvgIpc) is 3.41. The molecule has 6 nitrogen and oxygen atoms in total. The molecule has 4 aliphatic rings. The molecule has 3 fully saturated rings. The third-order valence-corrected chi connectivity index (χ3v) is 7.39. The lowest BCUT2D eigenvalue weighted by atomic mass is 9.79. The van der Waals surface area contributed by atoms with Crippen LogP contribution < -0.4 is 0 Å². The lowest BCUT2D eigenvalue weighted by molar-refractivity contribution is -0.141. The van der Waals surface area contributed by atoms with Crippen LogP contribution in [-0.4, -0.2) is 65.6 Å². The van der Waals surface area contributed by atoms with Gasteiger partial charge in [-0.15, -0.1) is 0 Å². The molecule has 0 saturated carbocycles. The van der Waals surface area contributed by atoms with E-state index in [1.165, 1.54) is 0 Å². The molecule has 28 heavy (non-hydrogen) atoms. The highest BCUT2D eigenvalue weighted by molar-refractivity contribution is 6.31. The number of ether oxygens (including phenoxy) is 1. The molecule has 0 spiro atoms. The maximum absolute atomic E-state index is 13.6. The van der Waals surface area contributed by atoms with Gasteiger partial charge in [0.1, 0.15) is 5.69 Å². The maximum atomic E-state index is 13.6. The standard InChI is InChI=1S/C21H26ClN3O3/c1-23-10-17(22)6-18(23)19(26)25-9-16-11-28-13-21(16,12-25)20(27)24-7-14-4-2-3-5-15(14)8-24/h2-3,6,10,14-16H,4-5,7-9,11-13H2,1H3/t14-,15+,16-,21-/m1/s1. The van der Waals surface area contributed by atoms with E-state index < -0.39 is 5.41 Å². The summed E-state index contributed by atoms with van der Waals surface area (Å²) in [7, 11) is 1.82. The predicted octanol–water partition coefficient (Wildman–Crippen LogP) is 2.19. The van der Waals surface area contributed by atoms with Crippen molar-refractivity contribution < 1.29 is 14.3 Å². The number of amides is 2. The van der Waals surface area contributed by atoms with Gasteiger partial charge < -0.3 is 19.1 Å². The van der Waals surface area contributed by atoms with Crippen LogP contribution in [0.4, 0.5) is 0 Å². The number of halogens is 1. The minimum Gasteiger partial charge on any atom is -0.380 e. The Bertz CT molecular complexity index is 834. The van der Waals surface area contributed by atoms with Crippen molar-refractivity contribution in [3.8, 4) is 0 Å². The van der Waals surface area contributed by atoms with Crippen LogP contribution in [0.25, 0.3) is 0 Å². The number of nitrogens with zero attached hydrogens (tertiary/aromatic N) is 3. The van der Waals surface area contributed by atoms with E-state index in [0.29, 0.717) is 48.9 Å². The fourth-order valence-corrected chi connectivity index (χ4v) is 5.84. The highest BCUT2D eigenvalue weighted by Crippen LogP contribution is 2.45. The zero-order valence-corrected chi connectivity index (χ0v) is 16.9. The van der Waals surface area contributed by atoms with Crippen molar-refractivity contribution in [3.05, 3.63) is 35.1 Å². The monoisotopic (exact) mass is 403 g/mol. The van der Waals surface area contributed by atoms with E-state index in [4.69, 9.17) is 16.3 Å². The normalized spacial score (nSPS) is 34.0. The van der Waals surface area contributed by atoms with Crippen molar-refractivity contribution in [3.63, 3.8) is 0 Å². The van der Waals surface area contributed by atoms with E-state index in [1.807, 2.05) is 11.9 Å². The molecule has 4 atom stereocenters. The van der Waals surface area contributed by atoms with Gasteiger partial charge in [-0.05, 0) is 30.7 Å². The average molecular weight is 404 g/mol. The van der Waals surface area contributed by atoms with Crippen molar-refractivity contribution in [2.24, 2.45) is 30.2 Å². The summed E-state index contributed by atoms with van der Waals surface area (Å²) in [5, 5.41) is 0.549. The predicted molar refractivity (Wildman–Crippen MR) is 105 cm³/mol. The summed E-state index contributed by atoms with van der Waals surface area (Å²) in [6.07, 6.45) is 8.36. The molecule has 0 unspecified atom stereocenters.